The predicted octanol–water partition coefficient (Wildman–Crippen LogP) is 5.04. The van der Waals surface area contributed by atoms with Crippen LogP contribution in [0.2, 0.25) is 0 Å². The second-order valence-corrected chi connectivity index (χ2v) is 11.6. The number of nitrogens with zero attached hydrogens (tertiary/aromatic N) is 2. The van der Waals surface area contributed by atoms with Crippen LogP contribution in [-0.2, 0) is 9.84 Å². The maximum Gasteiger partial charge on any atom is 0.203 e. The SMILES string of the molecule is COc1cc(-c2csc(N3CCC(S(=O)(=O)c4ccc(Br)cc4)CC3)n2)cc(OC)c1OC. The third-order valence-electron chi connectivity index (χ3n) is 5.75. The van der Waals surface area contributed by atoms with Crippen molar-refractivity contribution in [2.45, 2.75) is 23.0 Å². The Kier molecular flexibility index (Phi) is 7.16. The van der Waals surface area contributed by atoms with E-state index in [2.05, 4.69) is 20.8 Å². The number of anilines is 1. The highest BCUT2D eigenvalue weighted by atomic mass is 79.9. The first-order valence-electron chi connectivity index (χ1n) is 10.4. The molecule has 0 saturated carbocycles. The van der Waals surface area contributed by atoms with E-state index in [1.165, 1.54) is 0 Å². The van der Waals surface area contributed by atoms with Crippen LogP contribution in [0.25, 0.3) is 11.3 Å². The fourth-order valence-electron chi connectivity index (χ4n) is 3.95. The minimum atomic E-state index is -3.35. The van der Waals surface area contributed by atoms with E-state index in [0.717, 1.165) is 20.9 Å². The molecule has 0 N–H and O–H groups in total. The number of aromatic nitrogens is 1. The van der Waals surface area contributed by atoms with E-state index < -0.39 is 9.84 Å². The highest BCUT2D eigenvalue weighted by molar-refractivity contribution is 9.10. The van der Waals surface area contributed by atoms with Crippen LogP contribution in [0.4, 0.5) is 5.13 Å². The lowest BCUT2D eigenvalue weighted by Crippen LogP contribution is -2.39. The molecule has 1 aromatic heterocycles. The Hall–Kier alpha value is -2.30. The maximum absolute atomic E-state index is 13.0. The molecule has 2 heterocycles. The number of hydrogen-bond acceptors (Lipinski definition) is 8. The van der Waals surface area contributed by atoms with Gasteiger partial charge in [-0.15, -0.1) is 11.3 Å². The lowest BCUT2D eigenvalue weighted by Gasteiger charge is -2.31. The van der Waals surface area contributed by atoms with Crippen LogP contribution in [0.15, 0.2) is 51.1 Å². The minimum absolute atomic E-state index is 0.378. The Morgan fingerprint density at radius 1 is 1.00 bits per heavy atom. The van der Waals surface area contributed by atoms with Crippen molar-refractivity contribution in [2.75, 3.05) is 39.3 Å². The fourth-order valence-corrected chi connectivity index (χ4v) is 6.83. The van der Waals surface area contributed by atoms with E-state index in [4.69, 9.17) is 19.2 Å². The molecule has 1 aliphatic rings. The van der Waals surface area contributed by atoms with E-state index >= 15 is 0 Å². The summed E-state index contributed by atoms with van der Waals surface area (Å²) in [6, 6.07) is 10.6. The van der Waals surface area contributed by atoms with Crippen LogP contribution in [-0.4, -0.2) is 53.1 Å². The van der Waals surface area contributed by atoms with Crippen LogP contribution in [0, 0.1) is 0 Å². The van der Waals surface area contributed by atoms with E-state index in [1.807, 2.05) is 17.5 Å². The zero-order valence-electron chi connectivity index (χ0n) is 18.6. The third kappa shape index (κ3) is 4.83. The van der Waals surface area contributed by atoms with Gasteiger partial charge in [0, 0.05) is 28.5 Å². The number of thiazole rings is 1. The lowest BCUT2D eigenvalue weighted by molar-refractivity contribution is 0.324. The number of methoxy groups -OCH3 is 3. The summed E-state index contributed by atoms with van der Waals surface area (Å²) in [4.78, 5) is 7.33. The number of sulfone groups is 1. The van der Waals surface area contributed by atoms with Crippen molar-refractivity contribution >= 4 is 42.2 Å². The monoisotopic (exact) mass is 552 g/mol. The highest BCUT2D eigenvalue weighted by Gasteiger charge is 2.32. The zero-order chi connectivity index (χ0) is 23.6. The first-order chi connectivity index (χ1) is 15.9. The molecule has 0 bridgehead atoms. The summed E-state index contributed by atoms with van der Waals surface area (Å²) in [6.07, 6.45) is 1.13. The lowest BCUT2D eigenvalue weighted by atomic mass is 10.1. The van der Waals surface area contributed by atoms with Crippen molar-refractivity contribution < 1.29 is 22.6 Å². The van der Waals surface area contributed by atoms with Gasteiger partial charge in [-0.05, 0) is 49.2 Å². The molecule has 0 unspecified atom stereocenters. The van der Waals surface area contributed by atoms with E-state index in [1.54, 1.807) is 56.9 Å². The predicted molar refractivity (Wildman–Crippen MR) is 134 cm³/mol. The molecule has 2 aromatic carbocycles. The minimum Gasteiger partial charge on any atom is -0.493 e. The molecule has 1 fully saturated rings. The molecular formula is C23H25BrN2O5S2. The summed E-state index contributed by atoms with van der Waals surface area (Å²) >= 11 is 4.90. The summed E-state index contributed by atoms with van der Waals surface area (Å²) in [6.45, 7) is 1.28. The second-order valence-electron chi connectivity index (χ2n) is 7.61. The van der Waals surface area contributed by atoms with Crippen molar-refractivity contribution in [1.82, 2.24) is 4.98 Å². The first kappa shape index (κ1) is 23.8. The van der Waals surface area contributed by atoms with Gasteiger partial charge in [-0.2, -0.15) is 0 Å². The van der Waals surface area contributed by atoms with E-state index in [0.29, 0.717) is 48.1 Å². The Balaban J connectivity index is 1.49. The van der Waals surface area contributed by atoms with Crippen molar-refractivity contribution in [3.63, 3.8) is 0 Å². The average Bonchev–Trinajstić information content (AvgIpc) is 3.34. The second kappa shape index (κ2) is 9.90. The molecule has 0 amide bonds. The van der Waals surface area contributed by atoms with Crippen molar-refractivity contribution in [3.05, 3.63) is 46.3 Å². The van der Waals surface area contributed by atoms with Crippen LogP contribution in [0.5, 0.6) is 17.2 Å². The topological polar surface area (TPSA) is 78.0 Å². The molecule has 176 valence electrons. The summed E-state index contributed by atoms with van der Waals surface area (Å²) in [5.74, 6) is 1.67. The Morgan fingerprint density at radius 3 is 2.15 bits per heavy atom. The van der Waals surface area contributed by atoms with Gasteiger partial charge < -0.3 is 19.1 Å². The normalized spacial score (nSPS) is 14.8. The number of halogens is 1. The molecular weight excluding hydrogens is 528 g/mol. The van der Waals surface area contributed by atoms with Gasteiger partial charge in [-0.1, -0.05) is 15.9 Å². The molecule has 7 nitrogen and oxygen atoms in total. The molecule has 10 heteroatoms. The van der Waals surface area contributed by atoms with E-state index in [-0.39, 0.29) is 5.25 Å². The zero-order valence-corrected chi connectivity index (χ0v) is 21.8. The number of benzene rings is 2. The van der Waals surface area contributed by atoms with Gasteiger partial charge in [-0.25, -0.2) is 13.4 Å². The van der Waals surface area contributed by atoms with Gasteiger partial charge in [0.15, 0.2) is 26.5 Å². The Labute approximate surface area is 206 Å². The number of ether oxygens (including phenoxy) is 3. The number of rotatable bonds is 7. The summed E-state index contributed by atoms with van der Waals surface area (Å²) in [5.41, 5.74) is 1.67. The summed E-state index contributed by atoms with van der Waals surface area (Å²) < 4.78 is 43.2. The quantitative estimate of drug-likeness (QED) is 0.406. The van der Waals surface area contributed by atoms with Crippen molar-refractivity contribution in [3.8, 4) is 28.5 Å². The van der Waals surface area contributed by atoms with Gasteiger partial charge in [0.05, 0.1) is 37.2 Å². The molecule has 0 atom stereocenters. The van der Waals surface area contributed by atoms with Gasteiger partial charge in [0.25, 0.3) is 0 Å². The molecule has 33 heavy (non-hydrogen) atoms. The average molecular weight is 554 g/mol. The maximum atomic E-state index is 13.0. The van der Waals surface area contributed by atoms with E-state index in [9.17, 15) is 8.42 Å². The van der Waals surface area contributed by atoms with Gasteiger partial charge in [0.2, 0.25) is 5.75 Å². The molecule has 0 radical (unpaired) electrons. The molecule has 3 aromatic rings. The fraction of sp³-hybridized carbons (Fsp3) is 0.348. The Morgan fingerprint density at radius 2 is 1.61 bits per heavy atom. The van der Waals surface area contributed by atoms with Crippen LogP contribution < -0.4 is 19.1 Å². The smallest absolute Gasteiger partial charge is 0.203 e. The Bertz CT molecular complexity index is 1190. The first-order valence-corrected chi connectivity index (χ1v) is 13.6. The number of piperidine rings is 1. The van der Waals surface area contributed by atoms with Crippen LogP contribution in [0.3, 0.4) is 0 Å². The standard InChI is InChI=1S/C23H25BrN2O5S2/c1-29-20-12-15(13-21(30-2)22(20)31-3)19-14-32-23(25-19)26-10-8-18(9-11-26)33(27,28)17-6-4-16(24)5-7-17/h4-7,12-14,18H,8-11H2,1-3H3. The highest BCUT2D eigenvalue weighted by Crippen LogP contribution is 2.42. The summed E-state index contributed by atoms with van der Waals surface area (Å²) in [5, 5.41) is 2.48. The number of hydrogen-bond donors (Lipinski definition) is 0. The molecule has 1 aliphatic heterocycles. The molecule has 0 aliphatic carbocycles. The summed E-state index contributed by atoms with van der Waals surface area (Å²) in [7, 11) is 1.39. The van der Waals surface area contributed by atoms with Crippen LogP contribution in [0.1, 0.15) is 12.8 Å². The van der Waals surface area contributed by atoms with Crippen molar-refractivity contribution in [1.29, 1.82) is 0 Å². The molecule has 4 rings (SSSR count). The third-order valence-corrected chi connectivity index (χ3v) is 9.45. The largest absolute Gasteiger partial charge is 0.493 e. The van der Waals surface area contributed by atoms with Gasteiger partial charge >= 0.3 is 0 Å². The van der Waals surface area contributed by atoms with Crippen molar-refractivity contribution in [2.24, 2.45) is 0 Å². The van der Waals surface area contributed by atoms with Crippen LogP contribution >= 0.6 is 27.3 Å². The molecule has 1 saturated heterocycles. The molecule has 0 spiro atoms. The van der Waals surface area contributed by atoms with Gasteiger partial charge in [-0.3, -0.25) is 0 Å². The van der Waals surface area contributed by atoms with Gasteiger partial charge in [0.1, 0.15) is 0 Å².